The number of aliphatic hydroxyl groups excluding tert-OH is 1. The van der Waals surface area contributed by atoms with Crippen LogP contribution in [-0.4, -0.2) is 28.6 Å². The third kappa shape index (κ3) is 2.95. The van der Waals surface area contributed by atoms with Gasteiger partial charge < -0.3 is 9.84 Å². The van der Waals surface area contributed by atoms with Crippen LogP contribution in [0.5, 0.6) is 0 Å². The molecular weight excluding hydrogens is 296 g/mol. The molecule has 0 aliphatic heterocycles. The highest BCUT2D eigenvalue weighted by Crippen LogP contribution is 2.40. The molecule has 0 amide bonds. The summed E-state index contributed by atoms with van der Waals surface area (Å²) in [7, 11) is 1.67. The van der Waals surface area contributed by atoms with Gasteiger partial charge in [0, 0.05) is 7.11 Å². The highest BCUT2D eigenvalue weighted by Gasteiger charge is 2.31. The Morgan fingerprint density at radius 1 is 1.61 bits per heavy atom. The lowest BCUT2D eigenvalue weighted by molar-refractivity contribution is 0.0961. The van der Waals surface area contributed by atoms with Gasteiger partial charge in [0.25, 0.3) is 0 Å². The number of hydrogen-bond donors (Lipinski definition) is 1. The summed E-state index contributed by atoms with van der Waals surface area (Å²) in [6.45, 7) is 3.54. The molecule has 5 heteroatoms. The number of nitrogens with zero attached hydrogens (tertiary/aromatic N) is 2. The molecule has 0 spiro atoms. The van der Waals surface area contributed by atoms with Crippen LogP contribution in [0.25, 0.3) is 0 Å². The number of halogens is 1. The number of methoxy groups -OCH3 is 1. The van der Waals surface area contributed by atoms with E-state index in [1.165, 1.54) is 6.42 Å². The van der Waals surface area contributed by atoms with Gasteiger partial charge in [-0.3, -0.25) is 4.68 Å². The fourth-order valence-corrected chi connectivity index (χ4v) is 3.31. The van der Waals surface area contributed by atoms with Gasteiger partial charge in [-0.05, 0) is 40.6 Å². The van der Waals surface area contributed by atoms with Crippen molar-refractivity contribution in [1.29, 1.82) is 0 Å². The highest BCUT2D eigenvalue weighted by atomic mass is 79.9. The molecule has 3 unspecified atom stereocenters. The monoisotopic (exact) mass is 316 g/mol. The molecule has 102 valence electrons. The lowest BCUT2D eigenvalue weighted by atomic mass is 9.97. The molecule has 1 aliphatic carbocycles. The maximum absolute atomic E-state index is 10.6. The Bertz CT molecular complexity index is 394. The van der Waals surface area contributed by atoms with E-state index in [-0.39, 0.29) is 0 Å². The Morgan fingerprint density at radius 2 is 2.39 bits per heavy atom. The van der Waals surface area contributed by atoms with E-state index in [1.54, 1.807) is 13.3 Å². The molecule has 0 radical (unpaired) electrons. The van der Waals surface area contributed by atoms with Crippen molar-refractivity contribution in [3.63, 3.8) is 0 Å². The second-order valence-electron chi connectivity index (χ2n) is 5.22. The number of hydrogen-bond acceptors (Lipinski definition) is 3. The van der Waals surface area contributed by atoms with Crippen LogP contribution in [0.1, 0.15) is 38.0 Å². The van der Waals surface area contributed by atoms with Crippen molar-refractivity contribution in [3.05, 3.63) is 16.4 Å². The molecule has 0 aromatic carbocycles. The summed E-state index contributed by atoms with van der Waals surface area (Å²) in [6, 6.07) is 0. The minimum Gasteiger partial charge on any atom is -0.386 e. The van der Waals surface area contributed by atoms with Gasteiger partial charge in [0.15, 0.2) is 0 Å². The van der Waals surface area contributed by atoms with E-state index < -0.39 is 6.10 Å². The molecule has 3 atom stereocenters. The summed E-state index contributed by atoms with van der Waals surface area (Å²) < 4.78 is 7.82. The van der Waals surface area contributed by atoms with Crippen molar-refractivity contribution in [2.45, 2.75) is 38.8 Å². The van der Waals surface area contributed by atoms with E-state index in [0.717, 1.165) is 28.9 Å². The van der Waals surface area contributed by atoms with Gasteiger partial charge >= 0.3 is 0 Å². The van der Waals surface area contributed by atoms with Crippen LogP contribution >= 0.6 is 15.9 Å². The Hall–Kier alpha value is -0.390. The topological polar surface area (TPSA) is 47.3 Å². The molecule has 1 aromatic rings. The average molecular weight is 317 g/mol. The zero-order valence-corrected chi connectivity index (χ0v) is 12.6. The van der Waals surface area contributed by atoms with E-state index in [2.05, 4.69) is 28.0 Å². The Kier molecular flexibility index (Phi) is 4.81. The lowest BCUT2D eigenvalue weighted by Crippen LogP contribution is -2.17. The third-order valence-corrected chi connectivity index (χ3v) is 4.41. The van der Waals surface area contributed by atoms with Crippen molar-refractivity contribution in [2.24, 2.45) is 11.8 Å². The van der Waals surface area contributed by atoms with Gasteiger partial charge in [-0.1, -0.05) is 13.3 Å². The highest BCUT2D eigenvalue weighted by molar-refractivity contribution is 9.10. The molecular formula is C13H21BrN2O2. The van der Waals surface area contributed by atoms with E-state index in [0.29, 0.717) is 19.1 Å². The quantitative estimate of drug-likeness (QED) is 0.908. The van der Waals surface area contributed by atoms with Gasteiger partial charge in [-0.2, -0.15) is 5.10 Å². The van der Waals surface area contributed by atoms with Crippen molar-refractivity contribution >= 4 is 15.9 Å². The first-order valence-electron chi connectivity index (χ1n) is 6.51. The summed E-state index contributed by atoms with van der Waals surface area (Å²) in [5.74, 6) is 1.08. The van der Waals surface area contributed by atoms with E-state index in [9.17, 15) is 5.11 Å². The van der Waals surface area contributed by atoms with E-state index in [1.807, 2.05) is 4.68 Å². The van der Waals surface area contributed by atoms with Gasteiger partial charge in [0.1, 0.15) is 0 Å². The second-order valence-corrected chi connectivity index (χ2v) is 6.07. The summed E-state index contributed by atoms with van der Waals surface area (Å²) >= 11 is 3.49. The van der Waals surface area contributed by atoms with Gasteiger partial charge in [-0.15, -0.1) is 0 Å². The first-order valence-corrected chi connectivity index (χ1v) is 7.31. The van der Waals surface area contributed by atoms with Crippen molar-refractivity contribution < 1.29 is 9.84 Å². The predicted molar refractivity (Wildman–Crippen MR) is 73.3 cm³/mol. The van der Waals surface area contributed by atoms with Crippen LogP contribution < -0.4 is 0 Å². The summed E-state index contributed by atoms with van der Waals surface area (Å²) in [5.41, 5.74) is 0.895. The Morgan fingerprint density at radius 3 is 3.00 bits per heavy atom. The normalized spacial score (nSPS) is 25.6. The Balaban J connectivity index is 2.13. The molecule has 1 N–H and O–H groups in total. The lowest BCUT2D eigenvalue weighted by Gasteiger charge is -2.20. The van der Waals surface area contributed by atoms with E-state index in [4.69, 9.17) is 4.74 Å². The molecule has 0 saturated heterocycles. The number of aromatic nitrogens is 2. The fourth-order valence-electron chi connectivity index (χ4n) is 2.78. The van der Waals surface area contributed by atoms with Crippen LogP contribution in [-0.2, 0) is 11.3 Å². The Labute approximate surface area is 116 Å². The van der Waals surface area contributed by atoms with Gasteiger partial charge in [0.2, 0.25) is 0 Å². The summed E-state index contributed by atoms with van der Waals surface area (Å²) in [5, 5.41) is 14.9. The maximum Gasteiger partial charge on any atom is 0.0996 e. The molecule has 4 nitrogen and oxygen atoms in total. The van der Waals surface area contributed by atoms with Crippen molar-refractivity contribution in [2.75, 3.05) is 13.7 Å². The van der Waals surface area contributed by atoms with Crippen molar-refractivity contribution in [3.8, 4) is 0 Å². The minimum atomic E-state index is -0.427. The maximum atomic E-state index is 10.6. The standard InChI is InChI=1S/C13H21BrN2O2/c1-9-3-4-10(7-9)13(17)12-11(14)8-15-16(12)5-6-18-2/h8-10,13,17H,3-7H2,1-2H3. The molecule has 1 aromatic heterocycles. The number of rotatable bonds is 5. The smallest absolute Gasteiger partial charge is 0.0996 e. The first-order chi connectivity index (χ1) is 8.63. The summed E-state index contributed by atoms with van der Waals surface area (Å²) in [4.78, 5) is 0. The second kappa shape index (κ2) is 6.17. The van der Waals surface area contributed by atoms with Gasteiger partial charge in [-0.25, -0.2) is 0 Å². The first kappa shape index (κ1) is 14.0. The fraction of sp³-hybridized carbons (Fsp3) is 0.769. The molecule has 1 aliphatic rings. The zero-order valence-electron chi connectivity index (χ0n) is 11.0. The number of ether oxygens (including phenoxy) is 1. The van der Waals surface area contributed by atoms with Gasteiger partial charge in [0.05, 0.1) is 35.6 Å². The molecule has 1 saturated carbocycles. The molecule has 2 rings (SSSR count). The molecule has 0 bridgehead atoms. The molecule has 18 heavy (non-hydrogen) atoms. The van der Waals surface area contributed by atoms with Crippen LogP contribution in [0.3, 0.4) is 0 Å². The molecule has 1 heterocycles. The predicted octanol–water partition coefficient (Wildman–Crippen LogP) is 2.76. The van der Waals surface area contributed by atoms with Crippen LogP contribution in [0.4, 0.5) is 0 Å². The SMILES string of the molecule is COCCn1ncc(Br)c1C(O)C1CCC(C)C1. The number of aliphatic hydroxyl groups is 1. The van der Waals surface area contributed by atoms with E-state index >= 15 is 0 Å². The third-order valence-electron chi connectivity index (χ3n) is 3.80. The van der Waals surface area contributed by atoms with Crippen LogP contribution in [0, 0.1) is 11.8 Å². The van der Waals surface area contributed by atoms with Crippen LogP contribution in [0.2, 0.25) is 0 Å². The average Bonchev–Trinajstić information content (AvgIpc) is 2.92. The summed E-state index contributed by atoms with van der Waals surface area (Å²) in [6.07, 6.45) is 4.74. The van der Waals surface area contributed by atoms with Crippen molar-refractivity contribution in [1.82, 2.24) is 9.78 Å². The largest absolute Gasteiger partial charge is 0.386 e. The minimum absolute atomic E-state index is 0.356. The zero-order chi connectivity index (χ0) is 13.1. The molecule has 1 fully saturated rings. The van der Waals surface area contributed by atoms with Crippen LogP contribution in [0.15, 0.2) is 10.7 Å².